The van der Waals surface area contributed by atoms with Gasteiger partial charge in [0, 0.05) is 43.6 Å². The van der Waals surface area contributed by atoms with Gasteiger partial charge in [-0.05, 0) is 25.0 Å². The van der Waals surface area contributed by atoms with Crippen LogP contribution >= 0.6 is 0 Å². The van der Waals surface area contributed by atoms with Crippen LogP contribution in [0.15, 0.2) is 24.4 Å². The van der Waals surface area contributed by atoms with Crippen molar-refractivity contribution in [2.75, 3.05) is 41.8 Å². The van der Waals surface area contributed by atoms with Crippen LogP contribution in [0.5, 0.6) is 5.75 Å². The molecule has 3 aliphatic rings. The Kier molecular flexibility index (Phi) is 4.16. The molecule has 5 rings (SSSR count). The van der Waals surface area contributed by atoms with E-state index in [0.717, 1.165) is 49.6 Å². The second-order valence-electron chi connectivity index (χ2n) is 7.41. The van der Waals surface area contributed by atoms with Crippen molar-refractivity contribution in [2.24, 2.45) is 5.73 Å². The number of carbonyl (C=O) groups is 1. The summed E-state index contributed by atoms with van der Waals surface area (Å²) in [5, 5.41) is 9.85. The second-order valence-corrected chi connectivity index (χ2v) is 7.41. The molecule has 2 aliphatic heterocycles. The van der Waals surface area contributed by atoms with E-state index in [0.29, 0.717) is 36.0 Å². The molecule has 9 nitrogen and oxygen atoms in total. The van der Waals surface area contributed by atoms with Gasteiger partial charge in [0.1, 0.15) is 18.2 Å². The maximum Gasteiger partial charge on any atom is 0.254 e. The number of rotatable bonds is 5. The van der Waals surface area contributed by atoms with E-state index in [-0.39, 0.29) is 0 Å². The minimum Gasteiger partial charge on any atom is -0.489 e. The van der Waals surface area contributed by atoms with E-state index < -0.39 is 5.91 Å². The number of primary amides is 1. The molecule has 2 aromatic rings. The van der Waals surface area contributed by atoms with Crippen molar-refractivity contribution in [3.8, 4) is 5.75 Å². The van der Waals surface area contributed by atoms with Crippen molar-refractivity contribution < 1.29 is 9.53 Å². The predicted molar refractivity (Wildman–Crippen MR) is 106 cm³/mol. The van der Waals surface area contributed by atoms with E-state index in [1.54, 1.807) is 0 Å². The molecule has 28 heavy (non-hydrogen) atoms. The highest BCUT2D eigenvalue weighted by molar-refractivity contribution is 5.97. The molecule has 0 radical (unpaired) electrons. The van der Waals surface area contributed by atoms with E-state index in [4.69, 9.17) is 10.5 Å². The molecule has 1 amide bonds. The van der Waals surface area contributed by atoms with E-state index in [9.17, 15) is 4.79 Å². The zero-order chi connectivity index (χ0) is 19.1. The van der Waals surface area contributed by atoms with Gasteiger partial charge in [0.25, 0.3) is 5.91 Å². The number of hydrogen-bond donors (Lipinski definition) is 4. The standard InChI is InChI=1S/C19H23N7O2/c20-17(27)14-9-22-19(25-18(14)23-11-1-2-11)24-12-3-4-15-16(7-12)28-10-13-8-21-5-6-26(13)15/h3-4,7,9,11,13,21H,1-2,5-6,8,10H2,(H2,20,27)(H2,22,23,24,25). The van der Waals surface area contributed by atoms with Gasteiger partial charge in [-0.15, -0.1) is 0 Å². The molecule has 1 saturated heterocycles. The number of piperazine rings is 1. The molecule has 1 unspecified atom stereocenters. The fraction of sp³-hybridized carbons (Fsp3) is 0.421. The third-order valence-electron chi connectivity index (χ3n) is 5.28. The molecule has 5 N–H and O–H groups in total. The number of anilines is 4. The third kappa shape index (κ3) is 3.29. The number of ether oxygens (including phenoxy) is 1. The Labute approximate surface area is 162 Å². The topological polar surface area (TPSA) is 117 Å². The van der Waals surface area contributed by atoms with E-state index >= 15 is 0 Å². The Morgan fingerprint density at radius 1 is 1.36 bits per heavy atom. The number of amides is 1. The predicted octanol–water partition coefficient (Wildman–Crippen LogP) is 1.06. The van der Waals surface area contributed by atoms with Crippen molar-refractivity contribution in [3.05, 3.63) is 30.0 Å². The largest absolute Gasteiger partial charge is 0.489 e. The Morgan fingerprint density at radius 3 is 3.07 bits per heavy atom. The first-order chi connectivity index (χ1) is 13.7. The average Bonchev–Trinajstić information content (AvgIpc) is 3.52. The van der Waals surface area contributed by atoms with Gasteiger partial charge in [-0.3, -0.25) is 4.79 Å². The maximum absolute atomic E-state index is 11.6. The number of fused-ring (bicyclic) bond motifs is 3. The molecular formula is C19H23N7O2. The summed E-state index contributed by atoms with van der Waals surface area (Å²) in [6.45, 7) is 3.56. The van der Waals surface area contributed by atoms with Crippen LogP contribution in [0.2, 0.25) is 0 Å². The van der Waals surface area contributed by atoms with Gasteiger partial charge in [0.15, 0.2) is 0 Å². The SMILES string of the molecule is NC(=O)c1cnc(Nc2ccc3c(c2)OCC2CNCCN32)nc1NC1CC1. The van der Waals surface area contributed by atoms with Crippen LogP contribution in [-0.2, 0) is 0 Å². The fourth-order valence-corrected chi connectivity index (χ4v) is 3.64. The summed E-state index contributed by atoms with van der Waals surface area (Å²) < 4.78 is 5.97. The van der Waals surface area contributed by atoms with Crippen molar-refractivity contribution in [1.82, 2.24) is 15.3 Å². The van der Waals surface area contributed by atoms with Gasteiger partial charge >= 0.3 is 0 Å². The summed E-state index contributed by atoms with van der Waals surface area (Å²) in [7, 11) is 0. The van der Waals surface area contributed by atoms with E-state index in [2.05, 4.69) is 36.9 Å². The molecule has 1 aromatic carbocycles. The zero-order valence-electron chi connectivity index (χ0n) is 15.4. The normalized spacial score (nSPS) is 20.6. The Bertz CT molecular complexity index is 915. The molecule has 1 atom stereocenters. The van der Waals surface area contributed by atoms with Crippen molar-refractivity contribution >= 4 is 29.0 Å². The second kappa shape index (κ2) is 6.83. The van der Waals surface area contributed by atoms with Gasteiger partial charge in [-0.1, -0.05) is 0 Å². The van der Waals surface area contributed by atoms with Crippen molar-refractivity contribution in [3.63, 3.8) is 0 Å². The molecule has 1 aliphatic carbocycles. The molecular weight excluding hydrogens is 358 g/mol. The molecule has 3 heterocycles. The first-order valence-corrected chi connectivity index (χ1v) is 9.62. The number of benzene rings is 1. The number of nitrogens with zero attached hydrogens (tertiary/aromatic N) is 3. The van der Waals surface area contributed by atoms with Crippen LogP contribution in [0.4, 0.5) is 23.1 Å². The highest BCUT2D eigenvalue weighted by atomic mass is 16.5. The smallest absolute Gasteiger partial charge is 0.254 e. The van der Waals surface area contributed by atoms with Crippen molar-refractivity contribution in [2.45, 2.75) is 24.9 Å². The van der Waals surface area contributed by atoms with Crippen LogP contribution in [-0.4, -0.2) is 54.2 Å². The van der Waals surface area contributed by atoms with Crippen molar-refractivity contribution in [1.29, 1.82) is 0 Å². The number of carbonyl (C=O) groups excluding carboxylic acids is 1. The molecule has 0 spiro atoms. The van der Waals surface area contributed by atoms with Gasteiger partial charge in [0.2, 0.25) is 5.95 Å². The lowest BCUT2D eigenvalue weighted by atomic mass is 10.1. The lowest BCUT2D eigenvalue weighted by molar-refractivity contribution is 0.100. The Morgan fingerprint density at radius 2 is 2.25 bits per heavy atom. The minimum atomic E-state index is -0.539. The first kappa shape index (κ1) is 17.1. The minimum absolute atomic E-state index is 0.302. The van der Waals surface area contributed by atoms with Gasteiger partial charge < -0.3 is 31.3 Å². The Balaban J connectivity index is 1.38. The lowest BCUT2D eigenvalue weighted by Gasteiger charge is -2.42. The average molecular weight is 381 g/mol. The summed E-state index contributed by atoms with van der Waals surface area (Å²) in [5.74, 6) is 1.20. The zero-order valence-corrected chi connectivity index (χ0v) is 15.4. The molecule has 0 bridgehead atoms. The molecule has 9 heteroatoms. The van der Waals surface area contributed by atoms with Gasteiger partial charge in [-0.2, -0.15) is 4.98 Å². The number of hydrogen-bond acceptors (Lipinski definition) is 8. The summed E-state index contributed by atoms with van der Waals surface area (Å²) in [4.78, 5) is 22.7. The molecule has 1 aromatic heterocycles. The maximum atomic E-state index is 11.6. The van der Waals surface area contributed by atoms with Crippen LogP contribution in [0, 0.1) is 0 Å². The fourth-order valence-electron chi connectivity index (χ4n) is 3.64. The lowest BCUT2D eigenvalue weighted by Crippen LogP contribution is -2.55. The van der Waals surface area contributed by atoms with E-state index in [1.807, 2.05) is 12.1 Å². The number of nitrogens with two attached hydrogens (primary N) is 1. The third-order valence-corrected chi connectivity index (χ3v) is 5.28. The number of aromatic nitrogens is 2. The van der Waals surface area contributed by atoms with Gasteiger partial charge in [-0.25, -0.2) is 4.98 Å². The summed E-state index contributed by atoms with van der Waals surface area (Å²) >= 11 is 0. The summed E-state index contributed by atoms with van der Waals surface area (Å²) in [5.41, 5.74) is 7.69. The quantitative estimate of drug-likeness (QED) is 0.607. The monoisotopic (exact) mass is 381 g/mol. The molecule has 146 valence electrons. The van der Waals surface area contributed by atoms with E-state index in [1.165, 1.54) is 6.20 Å². The van der Waals surface area contributed by atoms with Gasteiger partial charge in [0.05, 0.1) is 17.3 Å². The molecule has 2 fully saturated rings. The highest BCUT2D eigenvalue weighted by Gasteiger charge is 2.29. The van der Waals surface area contributed by atoms with Crippen LogP contribution in [0.25, 0.3) is 0 Å². The van der Waals surface area contributed by atoms with Crippen LogP contribution in [0.1, 0.15) is 23.2 Å². The Hall–Kier alpha value is -3.07. The van der Waals surface area contributed by atoms with Crippen LogP contribution in [0.3, 0.4) is 0 Å². The summed E-state index contributed by atoms with van der Waals surface area (Å²) in [6.07, 6.45) is 3.60. The number of nitrogens with one attached hydrogen (secondary N) is 3. The highest BCUT2D eigenvalue weighted by Crippen LogP contribution is 2.37. The molecule has 1 saturated carbocycles. The van der Waals surface area contributed by atoms with Crippen LogP contribution < -0.4 is 31.3 Å². The summed E-state index contributed by atoms with van der Waals surface area (Å²) in [6, 6.07) is 6.75. The first-order valence-electron chi connectivity index (χ1n) is 9.62.